The number of halogens is 1. The van der Waals surface area contributed by atoms with E-state index < -0.39 is 5.60 Å². The Hall–Kier alpha value is -1.35. The molecule has 2 atom stereocenters. The molecule has 0 radical (unpaired) electrons. The fourth-order valence-corrected chi connectivity index (χ4v) is 4.09. The number of aliphatic hydroxyl groups is 1. The quantitative estimate of drug-likeness (QED) is 0.812. The monoisotopic (exact) mass is 359 g/mol. The Kier molecular flexibility index (Phi) is 7.06. The molecule has 1 N–H and O–H groups in total. The predicted molar refractivity (Wildman–Crippen MR) is 107 cm³/mol. The van der Waals surface area contributed by atoms with Gasteiger partial charge in [0.25, 0.3) is 0 Å². The third-order valence-electron chi connectivity index (χ3n) is 5.61. The van der Waals surface area contributed by atoms with E-state index in [-0.39, 0.29) is 12.4 Å². The summed E-state index contributed by atoms with van der Waals surface area (Å²) in [4.78, 5) is 2.57. The number of hydrogen-bond acceptors (Lipinski definition) is 2. The molecule has 3 rings (SSSR count). The highest BCUT2D eigenvalue weighted by Crippen LogP contribution is 2.34. The van der Waals surface area contributed by atoms with Crippen LogP contribution in [-0.4, -0.2) is 28.6 Å². The van der Waals surface area contributed by atoms with Gasteiger partial charge < -0.3 is 5.11 Å². The van der Waals surface area contributed by atoms with Crippen molar-refractivity contribution in [3.63, 3.8) is 0 Å². The van der Waals surface area contributed by atoms with Crippen molar-refractivity contribution in [2.24, 2.45) is 0 Å². The lowest BCUT2D eigenvalue weighted by molar-refractivity contribution is 0.0317. The fourth-order valence-electron chi connectivity index (χ4n) is 4.09. The van der Waals surface area contributed by atoms with E-state index in [1.807, 2.05) is 60.7 Å². The summed E-state index contributed by atoms with van der Waals surface area (Å²) in [5.41, 5.74) is 1.03. The number of benzene rings is 2. The number of piperidine rings is 1. The smallest absolute Gasteiger partial charge is 0.116 e. The van der Waals surface area contributed by atoms with Gasteiger partial charge in [0.2, 0.25) is 0 Å². The first-order chi connectivity index (χ1) is 11.6. The van der Waals surface area contributed by atoms with E-state index >= 15 is 0 Å². The summed E-state index contributed by atoms with van der Waals surface area (Å²) in [7, 11) is 0. The standard InChI is InChI=1S/C22H29NO.ClH/c1-18-10-9-11-19(2)23(18)17-16-22(24,20-12-5-3-6-13-20)21-14-7-4-8-15-21;/h3-8,12-15,18-19,24H,9-11,16-17H2,1-2H3;1H. The van der Waals surface area contributed by atoms with Gasteiger partial charge in [0.05, 0.1) is 0 Å². The largest absolute Gasteiger partial charge is 0.380 e. The molecule has 2 nitrogen and oxygen atoms in total. The maximum atomic E-state index is 11.6. The lowest BCUT2D eigenvalue weighted by Gasteiger charge is -2.41. The van der Waals surface area contributed by atoms with Crippen molar-refractivity contribution in [1.29, 1.82) is 0 Å². The molecule has 1 heterocycles. The van der Waals surface area contributed by atoms with Crippen LogP contribution in [0.15, 0.2) is 60.7 Å². The first-order valence-corrected chi connectivity index (χ1v) is 9.20. The van der Waals surface area contributed by atoms with Crippen molar-refractivity contribution in [2.45, 2.75) is 57.2 Å². The average molecular weight is 360 g/mol. The minimum absolute atomic E-state index is 0. The molecule has 3 heteroatoms. The Morgan fingerprint density at radius 2 is 1.32 bits per heavy atom. The zero-order chi connectivity index (χ0) is 17.0. The van der Waals surface area contributed by atoms with Crippen molar-refractivity contribution in [1.82, 2.24) is 4.90 Å². The van der Waals surface area contributed by atoms with Gasteiger partial charge in [-0.2, -0.15) is 0 Å². The molecule has 1 aliphatic rings. The van der Waals surface area contributed by atoms with Crippen molar-refractivity contribution >= 4 is 12.4 Å². The number of likely N-dealkylation sites (tertiary alicyclic amines) is 1. The predicted octanol–water partition coefficient (Wildman–Crippen LogP) is 5.00. The molecule has 0 bridgehead atoms. The van der Waals surface area contributed by atoms with Gasteiger partial charge in [0.15, 0.2) is 0 Å². The van der Waals surface area contributed by atoms with Crippen LogP contribution in [0.1, 0.15) is 50.7 Å². The topological polar surface area (TPSA) is 23.5 Å². The van der Waals surface area contributed by atoms with E-state index in [1.54, 1.807) is 0 Å². The summed E-state index contributed by atoms with van der Waals surface area (Å²) in [6.07, 6.45) is 4.56. The maximum absolute atomic E-state index is 11.6. The summed E-state index contributed by atoms with van der Waals surface area (Å²) in [6.45, 7) is 5.56. The van der Waals surface area contributed by atoms with Crippen molar-refractivity contribution < 1.29 is 5.11 Å². The normalized spacial score (nSPS) is 21.6. The first-order valence-electron chi connectivity index (χ1n) is 9.20. The minimum Gasteiger partial charge on any atom is -0.380 e. The molecular weight excluding hydrogens is 330 g/mol. The van der Waals surface area contributed by atoms with Crippen molar-refractivity contribution in [3.8, 4) is 0 Å². The molecule has 0 amide bonds. The van der Waals surface area contributed by atoms with Crippen LogP contribution >= 0.6 is 12.4 Å². The van der Waals surface area contributed by atoms with Crippen LogP contribution in [-0.2, 0) is 5.60 Å². The summed E-state index contributed by atoms with van der Waals surface area (Å²) < 4.78 is 0. The van der Waals surface area contributed by atoms with Crippen LogP contribution in [0, 0.1) is 0 Å². The summed E-state index contributed by atoms with van der Waals surface area (Å²) in [5.74, 6) is 0. The van der Waals surface area contributed by atoms with Gasteiger partial charge in [-0.1, -0.05) is 67.1 Å². The van der Waals surface area contributed by atoms with Crippen LogP contribution in [0.3, 0.4) is 0 Å². The van der Waals surface area contributed by atoms with E-state index in [9.17, 15) is 5.11 Å². The lowest BCUT2D eigenvalue weighted by Crippen LogP contribution is -2.46. The second kappa shape index (κ2) is 8.84. The Morgan fingerprint density at radius 1 is 0.880 bits per heavy atom. The Balaban J connectivity index is 0.00000225. The average Bonchev–Trinajstić information content (AvgIpc) is 2.62. The molecule has 25 heavy (non-hydrogen) atoms. The van der Waals surface area contributed by atoms with E-state index in [4.69, 9.17) is 0 Å². The van der Waals surface area contributed by atoms with Crippen LogP contribution < -0.4 is 0 Å². The maximum Gasteiger partial charge on any atom is 0.116 e. The highest BCUT2D eigenvalue weighted by Gasteiger charge is 2.33. The second-order valence-electron chi connectivity index (χ2n) is 7.21. The summed E-state index contributed by atoms with van der Waals surface area (Å²) in [6, 6.07) is 21.4. The van der Waals surface area contributed by atoms with E-state index in [1.165, 1.54) is 19.3 Å². The number of hydrogen-bond donors (Lipinski definition) is 1. The molecule has 2 unspecified atom stereocenters. The third-order valence-corrected chi connectivity index (χ3v) is 5.61. The molecule has 1 saturated heterocycles. The van der Waals surface area contributed by atoms with Gasteiger partial charge in [-0.25, -0.2) is 0 Å². The Bertz CT molecular complexity index is 581. The highest BCUT2D eigenvalue weighted by atomic mass is 35.5. The molecule has 136 valence electrons. The zero-order valence-corrected chi connectivity index (χ0v) is 16.1. The zero-order valence-electron chi connectivity index (χ0n) is 15.3. The molecule has 0 saturated carbocycles. The fraction of sp³-hybridized carbons (Fsp3) is 0.455. The van der Waals surface area contributed by atoms with Gasteiger partial charge in [0, 0.05) is 18.6 Å². The molecule has 2 aromatic rings. The third kappa shape index (κ3) is 4.44. The molecule has 1 fully saturated rings. The molecular formula is C22H30ClNO. The molecule has 1 aliphatic heterocycles. The van der Waals surface area contributed by atoms with Crippen molar-refractivity contribution in [2.75, 3.05) is 6.54 Å². The first kappa shape index (κ1) is 20.0. The van der Waals surface area contributed by atoms with Crippen LogP contribution in [0.25, 0.3) is 0 Å². The van der Waals surface area contributed by atoms with Gasteiger partial charge in [0.1, 0.15) is 5.60 Å². The van der Waals surface area contributed by atoms with Gasteiger partial charge >= 0.3 is 0 Å². The lowest BCUT2D eigenvalue weighted by atomic mass is 9.83. The summed E-state index contributed by atoms with van der Waals surface area (Å²) in [5, 5.41) is 11.6. The Labute approximate surface area is 158 Å². The second-order valence-corrected chi connectivity index (χ2v) is 7.21. The highest BCUT2D eigenvalue weighted by molar-refractivity contribution is 5.85. The van der Waals surface area contributed by atoms with Crippen LogP contribution in [0.2, 0.25) is 0 Å². The molecule has 2 aromatic carbocycles. The van der Waals surface area contributed by atoms with Gasteiger partial charge in [-0.15, -0.1) is 12.4 Å². The number of rotatable bonds is 5. The Morgan fingerprint density at radius 3 is 1.76 bits per heavy atom. The summed E-state index contributed by atoms with van der Waals surface area (Å²) >= 11 is 0. The van der Waals surface area contributed by atoms with Gasteiger partial charge in [-0.3, -0.25) is 4.90 Å². The van der Waals surface area contributed by atoms with E-state index in [0.29, 0.717) is 12.1 Å². The SMILES string of the molecule is CC1CCCC(C)N1CCC(O)(c1ccccc1)c1ccccc1.Cl. The molecule has 0 aromatic heterocycles. The van der Waals surface area contributed by atoms with E-state index in [2.05, 4.69) is 18.7 Å². The molecule has 0 aliphatic carbocycles. The number of nitrogens with zero attached hydrogens (tertiary/aromatic N) is 1. The van der Waals surface area contributed by atoms with Crippen molar-refractivity contribution in [3.05, 3.63) is 71.8 Å². The van der Waals surface area contributed by atoms with E-state index in [0.717, 1.165) is 24.1 Å². The van der Waals surface area contributed by atoms with Crippen LogP contribution in [0.5, 0.6) is 0 Å². The molecule has 0 spiro atoms. The minimum atomic E-state index is -0.931. The van der Waals surface area contributed by atoms with Crippen LogP contribution in [0.4, 0.5) is 0 Å². The van der Waals surface area contributed by atoms with Gasteiger partial charge in [-0.05, 0) is 44.2 Å².